The quantitative estimate of drug-likeness (QED) is 0.610. The maximum atomic E-state index is 11.0. The molecule has 0 unspecified atom stereocenters. The van der Waals surface area contributed by atoms with E-state index in [9.17, 15) is 4.79 Å². The summed E-state index contributed by atoms with van der Waals surface area (Å²) in [5.74, 6) is -0.354. The summed E-state index contributed by atoms with van der Waals surface area (Å²) in [6.07, 6.45) is 6.66. The van der Waals surface area contributed by atoms with Crippen LogP contribution in [0.25, 0.3) is 17.2 Å². The van der Waals surface area contributed by atoms with Crippen molar-refractivity contribution >= 4 is 12.0 Å². The number of hydrogen-bond acceptors (Lipinski definition) is 3. The zero-order valence-corrected chi connectivity index (χ0v) is 10.0. The Bertz CT molecular complexity index is 544. The van der Waals surface area contributed by atoms with Crippen molar-refractivity contribution in [1.82, 2.24) is 4.98 Å². The highest BCUT2D eigenvalue weighted by atomic mass is 16.5. The van der Waals surface area contributed by atoms with Gasteiger partial charge in [-0.3, -0.25) is 4.98 Å². The molecule has 3 nitrogen and oxygen atoms in total. The lowest BCUT2D eigenvalue weighted by Gasteiger charge is -2.01. The zero-order chi connectivity index (χ0) is 12.8. The van der Waals surface area contributed by atoms with Crippen LogP contribution in [-0.2, 0) is 9.53 Å². The molecule has 0 bridgehead atoms. The number of nitrogens with zero attached hydrogens (tertiary/aromatic N) is 1. The molecule has 0 aliphatic heterocycles. The topological polar surface area (TPSA) is 39.2 Å². The lowest BCUT2D eigenvalue weighted by Crippen LogP contribution is -1.93. The number of methoxy groups -OCH3 is 1. The van der Waals surface area contributed by atoms with Gasteiger partial charge in [0.05, 0.1) is 7.11 Å². The molecule has 90 valence electrons. The summed E-state index contributed by atoms with van der Waals surface area (Å²) in [6, 6.07) is 11.8. The van der Waals surface area contributed by atoms with Gasteiger partial charge in [-0.25, -0.2) is 4.79 Å². The van der Waals surface area contributed by atoms with E-state index in [4.69, 9.17) is 0 Å². The minimum Gasteiger partial charge on any atom is -0.466 e. The van der Waals surface area contributed by atoms with Crippen LogP contribution in [-0.4, -0.2) is 18.1 Å². The minimum absolute atomic E-state index is 0.354. The first-order valence-electron chi connectivity index (χ1n) is 5.56. The smallest absolute Gasteiger partial charge is 0.330 e. The fraction of sp³-hybridized carbons (Fsp3) is 0.0667. The normalized spacial score (nSPS) is 10.5. The third-order valence-corrected chi connectivity index (χ3v) is 2.54. The Kier molecular flexibility index (Phi) is 3.86. The Hall–Kier alpha value is -2.42. The van der Waals surface area contributed by atoms with Crippen LogP contribution in [0.5, 0.6) is 0 Å². The summed E-state index contributed by atoms with van der Waals surface area (Å²) in [6.45, 7) is 0. The molecule has 1 aromatic carbocycles. The molecule has 0 atom stereocenters. The predicted octanol–water partition coefficient (Wildman–Crippen LogP) is 2.93. The first-order chi connectivity index (χ1) is 8.79. The Labute approximate surface area is 106 Å². The number of carbonyl (C=O) groups excluding carboxylic acids is 1. The van der Waals surface area contributed by atoms with E-state index >= 15 is 0 Å². The Balaban J connectivity index is 2.16. The Morgan fingerprint density at radius 1 is 1.06 bits per heavy atom. The molecule has 0 radical (unpaired) electrons. The van der Waals surface area contributed by atoms with Crippen molar-refractivity contribution in [3.05, 3.63) is 60.4 Å². The largest absolute Gasteiger partial charge is 0.466 e. The molecule has 2 aromatic rings. The van der Waals surface area contributed by atoms with Crippen molar-refractivity contribution in [1.29, 1.82) is 0 Å². The van der Waals surface area contributed by atoms with Gasteiger partial charge in [-0.1, -0.05) is 24.3 Å². The van der Waals surface area contributed by atoms with Gasteiger partial charge in [0.15, 0.2) is 0 Å². The van der Waals surface area contributed by atoms with E-state index in [1.54, 1.807) is 18.5 Å². The van der Waals surface area contributed by atoms with Crippen LogP contribution in [0.15, 0.2) is 54.9 Å². The van der Waals surface area contributed by atoms with Gasteiger partial charge < -0.3 is 4.74 Å². The van der Waals surface area contributed by atoms with Gasteiger partial charge >= 0.3 is 5.97 Å². The highest BCUT2D eigenvalue weighted by molar-refractivity contribution is 5.87. The second-order valence-corrected chi connectivity index (χ2v) is 3.71. The van der Waals surface area contributed by atoms with Crippen LogP contribution in [0.3, 0.4) is 0 Å². The van der Waals surface area contributed by atoms with Gasteiger partial charge in [-0.05, 0) is 34.9 Å². The summed E-state index contributed by atoms with van der Waals surface area (Å²) in [5, 5.41) is 0. The summed E-state index contributed by atoms with van der Waals surface area (Å²) in [7, 11) is 1.36. The summed E-state index contributed by atoms with van der Waals surface area (Å²) in [5.41, 5.74) is 3.19. The molecule has 0 N–H and O–H groups in total. The molecular weight excluding hydrogens is 226 g/mol. The fourth-order valence-electron chi connectivity index (χ4n) is 1.56. The molecule has 0 aliphatic carbocycles. The molecular formula is C15H13NO2. The third kappa shape index (κ3) is 3.04. The average molecular weight is 239 g/mol. The van der Waals surface area contributed by atoms with Crippen molar-refractivity contribution < 1.29 is 9.53 Å². The van der Waals surface area contributed by atoms with Gasteiger partial charge in [-0.2, -0.15) is 0 Å². The van der Waals surface area contributed by atoms with Gasteiger partial charge in [0.1, 0.15) is 0 Å². The maximum Gasteiger partial charge on any atom is 0.330 e. The van der Waals surface area contributed by atoms with Crippen molar-refractivity contribution in [2.45, 2.75) is 0 Å². The SMILES string of the molecule is COC(=O)C=Cc1ccc(-c2ccncc2)cc1. The molecule has 0 saturated heterocycles. The predicted molar refractivity (Wildman–Crippen MR) is 70.7 cm³/mol. The van der Waals surface area contributed by atoms with Crippen LogP contribution in [0, 0.1) is 0 Å². The van der Waals surface area contributed by atoms with E-state index < -0.39 is 0 Å². The van der Waals surface area contributed by atoms with E-state index in [0.717, 1.165) is 16.7 Å². The average Bonchev–Trinajstić information content (AvgIpc) is 2.46. The van der Waals surface area contributed by atoms with E-state index in [-0.39, 0.29) is 5.97 Å². The molecule has 0 amide bonds. The second kappa shape index (κ2) is 5.77. The van der Waals surface area contributed by atoms with Crippen LogP contribution in [0.1, 0.15) is 5.56 Å². The van der Waals surface area contributed by atoms with Crippen molar-refractivity contribution in [2.75, 3.05) is 7.11 Å². The molecule has 18 heavy (non-hydrogen) atoms. The van der Waals surface area contributed by atoms with E-state index in [0.29, 0.717) is 0 Å². The molecule has 1 aromatic heterocycles. The summed E-state index contributed by atoms with van der Waals surface area (Å²) < 4.78 is 4.53. The molecule has 0 aliphatic rings. The van der Waals surface area contributed by atoms with Crippen molar-refractivity contribution in [2.24, 2.45) is 0 Å². The molecule has 0 fully saturated rings. The van der Waals surface area contributed by atoms with Gasteiger partial charge in [0.25, 0.3) is 0 Å². The van der Waals surface area contributed by atoms with E-state index in [1.807, 2.05) is 36.4 Å². The number of esters is 1. The number of hydrogen-bond donors (Lipinski definition) is 0. The number of benzene rings is 1. The highest BCUT2D eigenvalue weighted by Crippen LogP contribution is 2.18. The fourth-order valence-corrected chi connectivity index (χ4v) is 1.56. The third-order valence-electron chi connectivity index (χ3n) is 2.54. The van der Waals surface area contributed by atoms with Crippen molar-refractivity contribution in [3.8, 4) is 11.1 Å². The van der Waals surface area contributed by atoms with Crippen LogP contribution in [0.2, 0.25) is 0 Å². The summed E-state index contributed by atoms with van der Waals surface area (Å²) >= 11 is 0. The zero-order valence-electron chi connectivity index (χ0n) is 10.0. The highest BCUT2D eigenvalue weighted by Gasteiger charge is 1.96. The number of rotatable bonds is 3. The van der Waals surface area contributed by atoms with Crippen LogP contribution >= 0.6 is 0 Å². The second-order valence-electron chi connectivity index (χ2n) is 3.71. The van der Waals surface area contributed by atoms with Crippen LogP contribution in [0.4, 0.5) is 0 Å². The number of pyridine rings is 1. The molecule has 0 spiro atoms. The Morgan fingerprint density at radius 3 is 2.28 bits per heavy atom. The molecule has 3 heteroatoms. The lowest BCUT2D eigenvalue weighted by atomic mass is 10.1. The first-order valence-corrected chi connectivity index (χ1v) is 5.56. The van der Waals surface area contributed by atoms with Gasteiger partial charge in [0.2, 0.25) is 0 Å². The van der Waals surface area contributed by atoms with E-state index in [1.165, 1.54) is 13.2 Å². The number of aromatic nitrogens is 1. The molecule has 0 saturated carbocycles. The standard InChI is InChI=1S/C15H13NO2/c1-18-15(17)7-4-12-2-5-13(6-3-12)14-8-10-16-11-9-14/h2-11H,1H3. The van der Waals surface area contributed by atoms with Gasteiger partial charge in [-0.15, -0.1) is 0 Å². The van der Waals surface area contributed by atoms with Crippen molar-refractivity contribution in [3.63, 3.8) is 0 Å². The maximum absolute atomic E-state index is 11.0. The molecule has 1 heterocycles. The molecule has 2 rings (SSSR count). The lowest BCUT2D eigenvalue weighted by molar-refractivity contribution is -0.134. The summed E-state index contributed by atoms with van der Waals surface area (Å²) in [4.78, 5) is 14.9. The minimum atomic E-state index is -0.354. The number of ether oxygens (including phenoxy) is 1. The van der Waals surface area contributed by atoms with Gasteiger partial charge in [0, 0.05) is 18.5 Å². The Morgan fingerprint density at radius 2 is 1.67 bits per heavy atom. The number of carbonyl (C=O) groups is 1. The first kappa shape index (κ1) is 12.0. The monoisotopic (exact) mass is 239 g/mol. The van der Waals surface area contributed by atoms with Crippen LogP contribution < -0.4 is 0 Å². The van der Waals surface area contributed by atoms with E-state index in [2.05, 4.69) is 9.72 Å².